The van der Waals surface area contributed by atoms with Gasteiger partial charge in [-0.15, -0.1) is 6.58 Å². The molecule has 0 aromatic carbocycles. The number of aromatic nitrogens is 1. The fourth-order valence-corrected chi connectivity index (χ4v) is 4.04. The van der Waals surface area contributed by atoms with Gasteiger partial charge in [-0.1, -0.05) is 6.08 Å². The van der Waals surface area contributed by atoms with E-state index < -0.39 is 12.1 Å². The predicted octanol–water partition coefficient (Wildman–Crippen LogP) is 3.41. The predicted molar refractivity (Wildman–Crippen MR) is 110 cm³/mol. The van der Waals surface area contributed by atoms with Crippen LogP contribution in [-0.2, 0) is 20.9 Å². The molecule has 1 aromatic rings. The van der Waals surface area contributed by atoms with E-state index in [0.717, 1.165) is 44.2 Å². The number of alkyl halides is 3. The molecular formula is C22H28F3N3O4. The molecule has 3 heterocycles. The lowest BCUT2D eigenvalue weighted by Gasteiger charge is -2.46. The van der Waals surface area contributed by atoms with Crippen LogP contribution >= 0.6 is 0 Å². The Hall–Kier alpha value is -2.91. The van der Waals surface area contributed by atoms with Crippen molar-refractivity contribution in [2.24, 2.45) is 5.41 Å². The number of nitrogens with zero attached hydrogens (tertiary/aromatic N) is 3. The molecule has 3 rings (SSSR count). The summed E-state index contributed by atoms with van der Waals surface area (Å²) in [4.78, 5) is 42.2. The van der Waals surface area contributed by atoms with Crippen molar-refractivity contribution in [3.05, 3.63) is 42.7 Å². The molecule has 2 aliphatic heterocycles. The van der Waals surface area contributed by atoms with E-state index in [2.05, 4.69) is 11.6 Å². The molecule has 176 valence electrons. The van der Waals surface area contributed by atoms with Gasteiger partial charge >= 0.3 is 12.1 Å². The highest BCUT2D eigenvalue weighted by Crippen LogP contribution is 2.41. The molecule has 10 heteroatoms. The molecular weight excluding hydrogens is 427 g/mol. The van der Waals surface area contributed by atoms with E-state index in [-0.39, 0.29) is 17.2 Å². The second kappa shape index (κ2) is 11.1. The maximum absolute atomic E-state index is 13.1. The first-order valence-electron chi connectivity index (χ1n) is 10.5. The van der Waals surface area contributed by atoms with Crippen molar-refractivity contribution in [2.75, 3.05) is 19.6 Å². The Kier molecular flexibility index (Phi) is 8.80. The first kappa shape index (κ1) is 25.4. The maximum Gasteiger partial charge on any atom is 0.490 e. The standard InChI is InChI=1S/C20H27N3O2.C2HF3O2/c1-2-3-5-18(24)22-14-9-20(10-15-22)8-4-13-23(19(20)25)16-17-6-11-21-12-7-17;3-2(4,5)1(6)7/h2,6-7,11-12H,1,3-5,8-10,13-16H2;(H,6,7). The molecule has 0 unspecified atom stereocenters. The number of hydrogen-bond acceptors (Lipinski definition) is 4. The largest absolute Gasteiger partial charge is 0.490 e. The molecule has 1 aromatic heterocycles. The van der Waals surface area contributed by atoms with Crippen molar-refractivity contribution in [2.45, 2.75) is 51.2 Å². The van der Waals surface area contributed by atoms with Crippen LogP contribution in [0, 0.1) is 5.41 Å². The zero-order valence-corrected chi connectivity index (χ0v) is 17.8. The van der Waals surface area contributed by atoms with Crippen molar-refractivity contribution in [1.29, 1.82) is 0 Å². The minimum absolute atomic E-state index is 0.187. The van der Waals surface area contributed by atoms with E-state index in [1.165, 1.54) is 0 Å². The number of halogens is 3. The number of pyridine rings is 1. The monoisotopic (exact) mass is 455 g/mol. The van der Waals surface area contributed by atoms with Crippen LogP contribution in [0.5, 0.6) is 0 Å². The lowest BCUT2D eigenvalue weighted by atomic mass is 9.71. The van der Waals surface area contributed by atoms with E-state index in [1.54, 1.807) is 18.5 Å². The summed E-state index contributed by atoms with van der Waals surface area (Å²) in [6, 6.07) is 3.94. The second-order valence-electron chi connectivity index (χ2n) is 7.98. The third-order valence-corrected chi connectivity index (χ3v) is 5.83. The number of hydrogen-bond donors (Lipinski definition) is 1. The quantitative estimate of drug-likeness (QED) is 0.687. The number of carbonyl (C=O) groups is 3. The number of aliphatic carboxylic acids is 1. The highest BCUT2D eigenvalue weighted by Gasteiger charge is 2.46. The van der Waals surface area contributed by atoms with Crippen molar-refractivity contribution < 1.29 is 32.7 Å². The zero-order valence-electron chi connectivity index (χ0n) is 17.8. The summed E-state index contributed by atoms with van der Waals surface area (Å²) in [6.45, 7) is 6.55. The fourth-order valence-electron chi connectivity index (χ4n) is 4.04. The molecule has 0 aliphatic carbocycles. The summed E-state index contributed by atoms with van der Waals surface area (Å²) in [5, 5.41) is 7.12. The van der Waals surface area contributed by atoms with Crippen molar-refractivity contribution in [1.82, 2.24) is 14.8 Å². The van der Waals surface area contributed by atoms with Gasteiger partial charge in [0, 0.05) is 45.0 Å². The third kappa shape index (κ3) is 6.80. The first-order chi connectivity index (χ1) is 15.1. The molecule has 0 atom stereocenters. The van der Waals surface area contributed by atoms with Crippen LogP contribution in [0.2, 0.25) is 0 Å². The van der Waals surface area contributed by atoms with Crippen LogP contribution in [0.4, 0.5) is 13.2 Å². The van der Waals surface area contributed by atoms with Gasteiger partial charge in [-0.3, -0.25) is 14.6 Å². The fraction of sp³-hybridized carbons (Fsp3) is 0.545. The molecule has 2 saturated heterocycles. The number of likely N-dealkylation sites (tertiary alicyclic amines) is 2. The second-order valence-corrected chi connectivity index (χ2v) is 7.98. The van der Waals surface area contributed by atoms with E-state index in [4.69, 9.17) is 9.90 Å². The van der Waals surface area contributed by atoms with Crippen LogP contribution in [0.15, 0.2) is 37.2 Å². The lowest BCUT2D eigenvalue weighted by Crippen LogP contribution is -2.54. The molecule has 7 nitrogen and oxygen atoms in total. The van der Waals surface area contributed by atoms with Crippen LogP contribution in [0.1, 0.15) is 44.1 Å². The Morgan fingerprint density at radius 2 is 1.75 bits per heavy atom. The van der Waals surface area contributed by atoms with Gasteiger partial charge in [0.05, 0.1) is 5.41 Å². The molecule has 0 radical (unpaired) electrons. The topological polar surface area (TPSA) is 90.8 Å². The maximum atomic E-state index is 13.1. The molecule has 1 N–H and O–H groups in total. The number of carboxylic acids is 1. The van der Waals surface area contributed by atoms with Gasteiger partial charge in [-0.25, -0.2) is 4.79 Å². The minimum Gasteiger partial charge on any atom is -0.475 e. The summed E-state index contributed by atoms with van der Waals surface area (Å²) in [7, 11) is 0. The number of carboxylic acid groups (broad SMARTS) is 1. The highest BCUT2D eigenvalue weighted by atomic mass is 19.4. The van der Waals surface area contributed by atoms with E-state index in [1.807, 2.05) is 21.9 Å². The number of allylic oxidation sites excluding steroid dienone is 1. The average Bonchev–Trinajstić information content (AvgIpc) is 2.76. The molecule has 2 fully saturated rings. The molecule has 0 saturated carbocycles. The van der Waals surface area contributed by atoms with Gasteiger partial charge in [0.25, 0.3) is 0 Å². The van der Waals surface area contributed by atoms with Gasteiger partial charge in [-0.2, -0.15) is 13.2 Å². The number of amides is 2. The Balaban J connectivity index is 0.000000451. The average molecular weight is 455 g/mol. The van der Waals surface area contributed by atoms with E-state index in [9.17, 15) is 22.8 Å². The summed E-state index contributed by atoms with van der Waals surface area (Å²) < 4.78 is 31.7. The molecule has 0 bridgehead atoms. The molecule has 2 aliphatic rings. The highest BCUT2D eigenvalue weighted by molar-refractivity contribution is 5.84. The van der Waals surface area contributed by atoms with Crippen LogP contribution in [0.3, 0.4) is 0 Å². The minimum atomic E-state index is -5.08. The number of carbonyl (C=O) groups excluding carboxylic acids is 2. The van der Waals surface area contributed by atoms with Crippen LogP contribution in [0.25, 0.3) is 0 Å². The first-order valence-corrected chi connectivity index (χ1v) is 10.5. The summed E-state index contributed by atoms with van der Waals surface area (Å²) in [6.07, 6.45) is 5.06. The Labute approximate surface area is 184 Å². The Bertz CT molecular complexity index is 806. The van der Waals surface area contributed by atoms with Gasteiger partial charge < -0.3 is 14.9 Å². The molecule has 32 heavy (non-hydrogen) atoms. The smallest absolute Gasteiger partial charge is 0.475 e. The molecule has 2 amide bonds. The van der Waals surface area contributed by atoms with Crippen molar-refractivity contribution in [3.63, 3.8) is 0 Å². The third-order valence-electron chi connectivity index (χ3n) is 5.83. The zero-order chi connectivity index (χ0) is 23.8. The molecule has 1 spiro atoms. The van der Waals surface area contributed by atoms with E-state index >= 15 is 0 Å². The normalized spacial score (nSPS) is 18.0. The Morgan fingerprint density at radius 1 is 1.16 bits per heavy atom. The van der Waals surface area contributed by atoms with Gasteiger partial charge in [0.1, 0.15) is 0 Å². The summed E-state index contributed by atoms with van der Waals surface area (Å²) in [5.74, 6) is -2.30. The Morgan fingerprint density at radius 3 is 2.28 bits per heavy atom. The van der Waals surface area contributed by atoms with Crippen molar-refractivity contribution >= 4 is 17.8 Å². The van der Waals surface area contributed by atoms with Crippen LogP contribution < -0.4 is 0 Å². The van der Waals surface area contributed by atoms with Gasteiger partial charge in [-0.05, 0) is 49.8 Å². The van der Waals surface area contributed by atoms with Gasteiger partial charge in [0.15, 0.2) is 0 Å². The lowest BCUT2D eigenvalue weighted by molar-refractivity contribution is -0.192. The van der Waals surface area contributed by atoms with Crippen LogP contribution in [-0.4, -0.2) is 63.5 Å². The van der Waals surface area contributed by atoms with E-state index in [0.29, 0.717) is 26.1 Å². The number of piperidine rings is 2. The summed E-state index contributed by atoms with van der Waals surface area (Å²) >= 11 is 0. The summed E-state index contributed by atoms with van der Waals surface area (Å²) in [5.41, 5.74) is 0.859. The number of rotatable bonds is 5. The van der Waals surface area contributed by atoms with Gasteiger partial charge in [0.2, 0.25) is 11.8 Å². The SMILES string of the molecule is C=CCCC(=O)N1CCC2(CCCN(Cc3ccncc3)C2=O)CC1.O=C(O)C(F)(F)F. The van der Waals surface area contributed by atoms with Crippen molar-refractivity contribution in [3.8, 4) is 0 Å².